The molecule has 5 N–H and O–H groups in total. The standard InChI is InChI=1S/C27H41ClN8O2/c1-34-13-14-35(17-19(34)18-37)21-9-12-30-15-20(21)32-26(38)23-24(29)33-36-25(23)31-16-22(28)27(36)10-7-5-3-2-4-6-8-11-27/h9,12,15,19,22,31,37H,2-8,10-11,13-14,16-18H2,1H3,(H2,29,33)(H,32,38). The van der Waals surface area contributed by atoms with Crippen molar-refractivity contribution in [3.63, 3.8) is 0 Å². The number of nitrogens with two attached hydrogens (primary N) is 1. The van der Waals surface area contributed by atoms with E-state index in [1.54, 1.807) is 12.4 Å². The van der Waals surface area contributed by atoms with Crippen molar-refractivity contribution >= 4 is 40.5 Å². The second-order valence-electron chi connectivity index (χ2n) is 11.1. The lowest BCUT2D eigenvalue weighted by Crippen LogP contribution is -2.53. The maximum absolute atomic E-state index is 13.7. The van der Waals surface area contributed by atoms with E-state index < -0.39 is 0 Å². The third kappa shape index (κ3) is 5.18. The van der Waals surface area contributed by atoms with E-state index in [1.165, 1.54) is 32.1 Å². The zero-order chi connectivity index (χ0) is 26.7. The highest BCUT2D eigenvalue weighted by Gasteiger charge is 2.46. The first-order chi connectivity index (χ1) is 18.4. The quantitative estimate of drug-likeness (QED) is 0.431. The van der Waals surface area contributed by atoms with Crippen LogP contribution in [0.3, 0.4) is 0 Å². The lowest BCUT2D eigenvalue weighted by atomic mass is 9.81. The number of carbonyl (C=O) groups is 1. The van der Waals surface area contributed by atoms with Gasteiger partial charge in [-0.15, -0.1) is 11.6 Å². The molecule has 1 spiro atoms. The zero-order valence-corrected chi connectivity index (χ0v) is 23.1. The summed E-state index contributed by atoms with van der Waals surface area (Å²) in [4.78, 5) is 22.3. The number of alkyl halides is 1. The highest BCUT2D eigenvalue weighted by molar-refractivity contribution is 6.22. The molecule has 10 nitrogen and oxygen atoms in total. The molecule has 0 bridgehead atoms. The third-order valence-corrected chi connectivity index (χ3v) is 9.25. The first-order valence-electron chi connectivity index (χ1n) is 14.0. The average molecular weight is 545 g/mol. The number of amides is 1. The molecule has 2 unspecified atom stereocenters. The van der Waals surface area contributed by atoms with Gasteiger partial charge in [-0.1, -0.05) is 44.9 Å². The Morgan fingerprint density at radius 2 is 1.92 bits per heavy atom. The topological polar surface area (TPSA) is 125 Å². The SMILES string of the molecule is CN1CCN(c2ccncc2NC(=O)c2c(N)nn3c2NCC(Cl)C32CCCCCCCCC2)CC1CO. The van der Waals surface area contributed by atoms with Crippen LogP contribution in [0.1, 0.15) is 68.1 Å². The number of rotatable bonds is 4. The van der Waals surface area contributed by atoms with Crippen LogP contribution in [0.4, 0.5) is 23.0 Å². The minimum Gasteiger partial charge on any atom is -0.395 e. The summed E-state index contributed by atoms with van der Waals surface area (Å²) in [6.45, 7) is 2.90. The van der Waals surface area contributed by atoms with Gasteiger partial charge in [0.2, 0.25) is 0 Å². The Morgan fingerprint density at radius 1 is 1.21 bits per heavy atom. The smallest absolute Gasteiger partial charge is 0.263 e. The minimum atomic E-state index is -0.356. The fourth-order valence-corrected chi connectivity index (χ4v) is 6.74. The number of anilines is 4. The molecule has 4 heterocycles. The Labute approximate surface area is 229 Å². The van der Waals surface area contributed by atoms with Crippen LogP contribution in [0, 0.1) is 0 Å². The monoisotopic (exact) mass is 544 g/mol. The number of hydrogen-bond donors (Lipinski definition) is 4. The largest absolute Gasteiger partial charge is 0.395 e. The number of likely N-dealkylation sites (N-methyl/N-ethyl adjacent to an activating group) is 1. The molecule has 0 aromatic carbocycles. The van der Waals surface area contributed by atoms with Crippen molar-refractivity contribution in [3.05, 3.63) is 24.0 Å². The summed E-state index contributed by atoms with van der Waals surface area (Å²) in [6, 6.07) is 1.93. The predicted octanol–water partition coefficient (Wildman–Crippen LogP) is 3.48. The van der Waals surface area contributed by atoms with Gasteiger partial charge in [0.15, 0.2) is 5.82 Å². The molecule has 2 aromatic rings. The molecule has 2 aromatic heterocycles. The molecule has 1 amide bonds. The van der Waals surface area contributed by atoms with Gasteiger partial charge in [-0.3, -0.25) is 14.7 Å². The number of pyridine rings is 1. The molecule has 2 aliphatic heterocycles. The van der Waals surface area contributed by atoms with Crippen molar-refractivity contribution in [1.82, 2.24) is 19.7 Å². The van der Waals surface area contributed by atoms with Crippen molar-refractivity contribution in [2.75, 3.05) is 61.1 Å². The van der Waals surface area contributed by atoms with E-state index in [-0.39, 0.29) is 35.3 Å². The van der Waals surface area contributed by atoms with Crippen LogP contribution in [-0.2, 0) is 5.54 Å². The maximum Gasteiger partial charge on any atom is 0.263 e. The Kier molecular flexibility index (Phi) is 8.30. The van der Waals surface area contributed by atoms with Gasteiger partial charge in [-0.25, -0.2) is 4.68 Å². The van der Waals surface area contributed by atoms with Crippen molar-refractivity contribution in [2.45, 2.75) is 74.7 Å². The van der Waals surface area contributed by atoms with Crippen molar-refractivity contribution < 1.29 is 9.90 Å². The highest BCUT2D eigenvalue weighted by Crippen LogP contribution is 2.44. The lowest BCUT2D eigenvalue weighted by molar-refractivity contribution is 0.102. The number of aliphatic hydroxyl groups is 1. The lowest BCUT2D eigenvalue weighted by Gasteiger charge is -2.43. The second-order valence-corrected chi connectivity index (χ2v) is 11.6. The molecule has 1 saturated carbocycles. The molecule has 0 radical (unpaired) electrons. The zero-order valence-electron chi connectivity index (χ0n) is 22.3. The van der Waals surface area contributed by atoms with Crippen molar-refractivity contribution in [3.8, 4) is 0 Å². The Bertz CT molecular complexity index is 1110. The van der Waals surface area contributed by atoms with E-state index in [4.69, 9.17) is 22.4 Å². The summed E-state index contributed by atoms with van der Waals surface area (Å²) in [5, 5.41) is 20.8. The van der Waals surface area contributed by atoms with Crippen LogP contribution in [0.15, 0.2) is 18.5 Å². The fraction of sp³-hybridized carbons (Fsp3) is 0.667. The minimum absolute atomic E-state index is 0.0277. The summed E-state index contributed by atoms with van der Waals surface area (Å²) in [6.07, 6.45) is 13.6. The molecule has 5 rings (SSSR count). The molecular weight excluding hydrogens is 504 g/mol. The number of piperazine rings is 1. The van der Waals surface area contributed by atoms with Crippen LogP contribution in [0.25, 0.3) is 0 Å². The van der Waals surface area contributed by atoms with Gasteiger partial charge in [0, 0.05) is 32.4 Å². The number of aromatic nitrogens is 3. The molecule has 11 heteroatoms. The van der Waals surface area contributed by atoms with Crippen LogP contribution < -0.4 is 21.3 Å². The summed E-state index contributed by atoms with van der Waals surface area (Å²) in [7, 11) is 2.02. The average Bonchev–Trinajstić information content (AvgIpc) is 3.27. The number of halogens is 1. The first-order valence-corrected chi connectivity index (χ1v) is 14.5. The van der Waals surface area contributed by atoms with E-state index >= 15 is 0 Å². The van der Waals surface area contributed by atoms with Gasteiger partial charge < -0.3 is 26.4 Å². The van der Waals surface area contributed by atoms with Gasteiger partial charge in [0.05, 0.1) is 41.1 Å². The number of aliphatic hydroxyl groups excluding tert-OH is 1. The number of carbonyl (C=O) groups excluding carboxylic acids is 1. The normalized spacial score (nSPS) is 24.4. The Morgan fingerprint density at radius 3 is 2.63 bits per heavy atom. The molecule has 2 fully saturated rings. The summed E-state index contributed by atoms with van der Waals surface area (Å²) in [5.41, 5.74) is 7.91. The summed E-state index contributed by atoms with van der Waals surface area (Å²) in [5.74, 6) is 0.540. The molecule has 208 valence electrons. The third-order valence-electron chi connectivity index (χ3n) is 8.69. The van der Waals surface area contributed by atoms with E-state index in [2.05, 4.69) is 25.4 Å². The van der Waals surface area contributed by atoms with Crippen molar-refractivity contribution in [1.29, 1.82) is 0 Å². The molecular formula is C27H41ClN8O2. The van der Waals surface area contributed by atoms with E-state index in [0.29, 0.717) is 30.2 Å². The van der Waals surface area contributed by atoms with Crippen LogP contribution in [0.5, 0.6) is 0 Å². The molecule has 3 aliphatic rings. The Balaban J connectivity index is 1.43. The van der Waals surface area contributed by atoms with E-state index in [1.807, 2.05) is 17.8 Å². The van der Waals surface area contributed by atoms with Crippen LogP contribution in [-0.4, -0.2) is 81.9 Å². The fourth-order valence-electron chi connectivity index (χ4n) is 6.36. The first kappa shape index (κ1) is 27.0. The summed E-state index contributed by atoms with van der Waals surface area (Å²) >= 11 is 7.01. The van der Waals surface area contributed by atoms with Gasteiger partial charge in [0.25, 0.3) is 5.91 Å². The number of nitrogens with zero attached hydrogens (tertiary/aromatic N) is 5. The predicted molar refractivity (Wildman–Crippen MR) is 152 cm³/mol. The van der Waals surface area contributed by atoms with Crippen molar-refractivity contribution in [2.24, 2.45) is 0 Å². The molecule has 38 heavy (non-hydrogen) atoms. The van der Waals surface area contributed by atoms with Gasteiger partial charge >= 0.3 is 0 Å². The van der Waals surface area contributed by atoms with Gasteiger partial charge in [0.1, 0.15) is 11.4 Å². The second kappa shape index (κ2) is 11.7. The van der Waals surface area contributed by atoms with Gasteiger partial charge in [-0.2, -0.15) is 5.10 Å². The molecule has 2 atom stereocenters. The number of nitrogen functional groups attached to an aromatic ring is 1. The number of fused-ring (bicyclic) bond motifs is 2. The van der Waals surface area contributed by atoms with E-state index in [0.717, 1.165) is 44.5 Å². The molecule has 1 saturated heterocycles. The maximum atomic E-state index is 13.7. The van der Waals surface area contributed by atoms with Gasteiger partial charge in [-0.05, 0) is 26.0 Å². The van der Waals surface area contributed by atoms with Crippen LogP contribution >= 0.6 is 11.6 Å². The van der Waals surface area contributed by atoms with E-state index in [9.17, 15) is 9.90 Å². The Hall–Kier alpha value is -2.56. The number of nitrogens with one attached hydrogen (secondary N) is 2. The molecule has 1 aliphatic carbocycles. The summed E-state index contributed by atoms with van der Waals surface area (Å²) < 4.78 is 1.94. The highest BCUT2D eigenvalue weighted by atomic mass is 35.5. The number of hydrogen-bond acceptors (Lipinski definition) is 8. The van der Waals surface area contributed by atoms with Crippen LogP contribution in [0.2, 0.25) is 0 Å².